The highest BCUT2D eigenvalue weighted by Gasteiger charge is 2.33. The third-order valence-electron chi connectivity index (χ3n) is 2.64. The lowest BCUT2D eigenvalue weighted by Gasteiger charge is -2.18. The van der Waals surface area contributed by atoms with Gasteiger partial charge in [0.2, 0.25) is 0 Å². The Morgan fingerprint density at radius 1 is 1.16 bits per heavy atom. The van der Waals surface area contributed by atoms with Crippen LogP contribution in [0.5, 0.6) is 0 Å². The first kappa shape index (κ1) is 16.3. The van der Waals surface area contributed by atoms with Crippen molar-refractivity contribution < 1.29 is 13.2 Å². The molecule has 1 heterocycles. The number of hydrogen-bond donors (Lipinski definition) is 1. The van der Waals surface area contributed by atoms with Crippen molar-refractivity contribution in [2.24, 2.45) is 0 Å². The van der Waals surface area contributed by atoms with Crippen LogP contribution in [-0.4, -0.2) is 18.4 Å². The Morgan fingerprint density at radius 3 is 2.32 bits per heavy atom. The molecule has 1 aromatic rings. The Bertz CT molecular complexity index is 430. The normalized spacial score (nSPS) is 15.3. The van der Waals surface area contributed by atoms with E-state index >= 15 is 0 Å². The molecule has 106 valence electrons. The quantitative estimate of drug-likeness (QED) is 0.753. The molecule has 0 atom stereocenters. The average molecular weight is 312 g/mol. The van der Waals surface area contributed by atoms with Gasteiger partial charge in [0, 0.05) is 6.54 Å². The van der Waals surface area contributed by atoms with E-state index in [9.17, 15) is 13.2 Å². The lowest BCUT2D eigenvalue weighted by atomic mass is 9.95. The minimum Gasteiger partial charge on any atom is -0.313 e. The molecule has 1 aliphatic heterocycles. The summed E-state index contributed by atoms with van der Waals surface area (Å²) < 4.78 is 38.3. The minimum atomic E-state index is -4.28. The van der Waals surface area contributed by atoms with Crippen LogP contribution in [0.3, 0.4) is 0 Å². The summed E-state index contributed by atoms with van der Waals surface area (Å²) >= 11 is 9.53. The molecule has 0 radical (unpaired) electrons. The standard InChI is InChI=1S/C12H12F3N.CH2Cl2/c13-12(14,15)11-4-2-1-3-10(11)9-5-7-16-8-6-9;2-1-3/h1-5,16H,6-8H2;1H2. The maximum absolute atomic E-state index is 12.8. The van der Waals surface area contributed by atoms with Gasteiger partial charge in [-0.3, -0.25) is 0 Å². The predicted molar refractivity (Wildman–Crippen MR) is 73.5 cm³/mol. The molecule has 1 aliphatic rings. The van der Waals surface area contributed by atoms with Crippen molar-refractivity contribution in [3.63, 3.8) is 0 Å². The Balaban J connectivity index is 0.000000550. The number of rotatable bonds is 1. The average Bonchev–Trinajstić information content (AvgIpc) is 2.40. The zero-order chi connectivity index (χ0) is 14.3. The van der Waals surface area contributed by atoms with Crippen LogP contribution in [0.2, 0.25) is 0 Å². The Hall–Kier alpha value is -0.710. The first-order valence-electron chi connectivity index (χ1n) is 5.69. The third-order valence-corrected chi connectivity index (χ3v) is 2.64. The third kappa shape index (κ3) is 5.05. The van der Waals surface area contributed by atoms with Crippen molar-refractivity contribution in [3.8, 4) is 0 Å². The maximum Gasteiger partial charge on any atom is 0.416 e. The molecule has 1 aromatic carbocycles. The second kappa shape index (κ2) is 7.78. The van der Waals surface area contributed by atoms with Gasteiger partial charge in [0.15, 0.2) is 0 Å². The molecule has 0 aromatic heterocycles. The Morgan fingerprint density at radius 2 is 1.79 bits per heavy atom. The lowest BCUT2D eigenvalue weighted by Crippen LogP contribution is -2.21. The van der Waals surface area contributed by atoms with Crippen molar-refractivity contribution in [1.82, 2.24) is 5.32 Å². The summed E-state index contributed by atoms with van der Waals surface area (Å²) in [4.78, 5) is 0. The summed E-state index contributed by atoms with van der Waals surface area (Å²) in [6.45, 7) is 1.37. The molecule has 1 N–H and O–H groups in total. The van der Waals surface area contributed by atoms with Crippen LogP contribution in [-0.2, 0) is 6.18 Å². The van der Waals surface area contributed by atoms with Crippen molar-refractivity contribution >= 4 is 28.8 Å². The molecule has 0 saturated heterocycles. The second-order valence-electron chi connectivity index (χ2n) is 3.83. The van der Waals surface area contributed by atoms with Crippen molar-refractivity contribution in [1.29, 1.82) is 0 Å². The van der Waals surface area contributed by atoms with Gasteiger partial charge in [-0.25, -0.2) is 0 Å². The van der Waals surface area contributed by atoms with E-state index < -0.39 is 11.7 Å². The summed E-state index contributed by atoms with van der Waals surface area (Å²) in [6.07, 6.45) is -1.80. The van der Waals surface area contributed by atoms with Crippen LogP contribution in [0, 0.1) is 0 Å². The first-order chi connectivity index (χ1) is 9.00. The predicted octanol–water partition coefficient (Wildman–Crippen LogP) is 4.50. The van der Waals surface area contributed by atoms with Gasteiger partial charge < -0.3 is 5.32 Å². The molecule has 0 amide bonds. The maximum atomic E-state index is 12.8. The molecule has 0 spiro atoms. The van der Waals surface area contributed by atoms with E-state index in [0.717, 1.165) is 18.2 Å². The first-order valence-corrected chi connectivity index (χ1v) is 6.76. The summed E-state index contributed by atoms with van der Waals surface area (Å²) in [5, 5.41) is 3.28. The van der Waals surface area contributed by atoms with E-state index in [4.69, 9.17) is 23.2 Å². The fourth-order valence-corrected chi connectivity index (χ4v) is 1.88. The minimum absolute atomic E-state index is 0.194. The van der Waals surface area contributed by atoms with E-state index in [2.05, 4.69) is 5.32 Å². The number of nitrogens with one attached hydrogen (secondary N) is 1. The molecule has 19 heavy (non-hydrogen) atoms. The summed E-state index contributed by atoms with van der Waals surface area (Å²) in [5.41, 5.74) is 0.561. The topological polar surface area (TPSA) is 12.0 Å². The van der Waals surface area contributed by atoms with E-state index in [0.29, 0.717) is 18.5 Å². The lowest BCUT2D eigenvalue weighted by molar-refractivity contribution is -0.137. The van der Waals surface area contributed by atoms with Crippen molar-refractivity contribution in [2.75, 3.05) is 18.4 Å². The number of benzene rings is 1. The van der Waals surface area contributed by atoms with Gasteiger partial charge in [0.05, 0.1) is 10.9 Å². The second-order valence-corrected chi connectivity index (χ2v) is 4.64. The molecule has 0 saturated carbocycles. The van der Waals surface area contributed by atoms with Crippen LogP contribution in [0.4, 0.5) is 13.2 Å². The molecular formula is C13H14Cl2F3N. The van der Waals surface area contributed by atoms with E-state index in [-0.39, 0.29) is 5.34 Å². The van der Waals surface area contributed by atoms with Crippen LogP contribution in [0.1, 0.15) is 17.5 Å². The monoisotopic (exact) mass is 311 g/mol. The fraction of sp³-hybridized carbons (Fsp3) is 0.385. The van der Waals surface area contributed by atoms with Crippen LogP contribution in [0.25, 0.3) is 5.57 Å². The molecule has 2 rings (SSSR count). The Labute approximate surface area is 120 Å². The number of hydrogen-bond acceptors (Lipinski definition) is 1. The molecule has 0 unspecified atom stereocenters. The molecule has 6 heteroatoms. The smallest absolute Gasteiger partial charge is 0.313 e. The molecule has 1 nitrogen and oxygen atoms in total. The van der Waals surface area contributed by atoms with Gasteiger partial charge in [-0.15, -0.1) is 23.2 Å². The van der Waals surface area contributed by atoms with Crippen LogP contribution in [0.15, 0.2) is 30.3 Å². The zero-order valence-corrected chi connectivity index (χ0v) is 11.6. The van der Waals surface area contributed by atoms with Gasteiger partial charge in [-0.1, -0.05) is 24.3 Å². The molecular weight excluding hydrogens is 298 g/mol. The van der Waals surface area contributed by atoms with E-state index in [1.54, 1.807) is 12.1 Å². The van der Waals surface area contributed by atoms with Crippen molar-refractivity contribution in [3.05, 3.63) is 41.5 Å². The highest BCUT2D eigenvalue weighted by atomic mass is 35.5. The van der Waals surface area contributed by atoms with E-state index in [1.807, 2.05) is 6.08 Å². The Kier molecular flexibility index (Phi) is 6.69. The number of alkyl halides is 5. The highest BCUT2D eigenvalue weighted by Crippen LogP contribution is 2.35. The van der Waals surface area contributed by atoms with Gasteiger partial charge in [-0.05, 0) is 30.2 Å². The fourth-order valence-electron chi connectivity index (χ4n) is 1.88. The number of halogens is 5. The van der Waals surface area contributed by atoms with Gasteiger partial charge in [0.25, 0.3) is 0 Å². The molecule has 0 fully saturated rings. The van der Waals surface area contributed by atoms with Crippen molar-refractivity contribution in [2.45, 2.75) is 12.6 Å². The van der Waals surface area contributed by atoms with Gasteiger partial charge >= 0.3 is 6.18 Å². The zero-order valence-electron chi connectivity index (χ0n) is 10.1. The largest absolute Gasteiger partial charge is 0.416 e. The van der Waals surface area contributed by atoms with Gasteiger partial charge in [-0.2, -0.15) is 13.2 Å². The highest BCUT2D eigenvalue weighted by molar-refractivity contribution is 6.40. The van der Waals surface area contributed by atoms with E-state index in [1.165, 1.54) is 6.07 Å². The summed E-state index contributed by atoms with van der Waals surface area (Å²) in [6, 6.07) is 5.75. The summed E-state index contributed by atoms with van der Waals surface area (Å²) in [7, 11) is 0. The molecule has 0 aliphatic carbocycles. The van der Waals surface area contributed by atoms with Crippen LogP contribution < -0.4 is 5.32 Å². The van der Waals surface area contributed by atoms with Crippen LogP contribution >= 0.6 is 23.2 Å². The summed E-state index contributed by atoms with van der Waals surface area (Å²) in [5.74, 6) is 0. The van der Waals surface area contributed by atoms with Gasteiger partial charge in [0.1, 0.15) is 0 Å². The molecule has 0 bridgehead atoms. The SMILES string of the molecule is ClCCl.FC(F)(F)c1ccccc1C1=CCNCC1.